The van der Waals surface area contributed by atoms with Gasteiger partial charge in [-0.3, -0.25) is 0 Å². The molecule has 195 valence electrons. The minimum Gasteiger partial charge on any atom is -0.214 e. The van der Waals surface area contributed by atoms with Crippen molar-refractivity contribution < 1.29 is 43.9 Å². The molecule has 1 aromatic carbocycles. The second-order valence-electron chi connectivity index (χ2n) is 8.46. The summed E-state index contributed by atoms with van der Waals surface area (Å²) in [5, 5.41) is 0. The molecule has 1 radical (unpaired) electrons. The Morgan fingerprint density at radius 2 is 0.625 bits per heavy atom. The zero-order valence-electron chi connectivity index (χ0n) is 22.1. The Hall–Kier alpha value is 0.476. The second-order valence-corrected chi connectivity index (χ2v) is 10.9. The summed E-state index contributed by atoms with van der Waals surface area (Å²) in [6, 6.07) is 10.0. The van der Waals surface area contributed by atoms with E-state index in [4.69, 9.17) is 27.1 Å². The van der Waals surface area contributed by atoms with Gasteiger partial charge in [0.25, 0.3) is 0 Å². The molecule has 0 saturated heterocycles. The van der Waals surface area contributed by atoms with Crippen LogP contribution in [0.25, 0.3) is 0 Å². The van der Waals surface area contributed by atoms with Gasteiger partial charge in [-0.2, -0.15) is 45.3 Å². The zero-order valence-corrected chi connectivity index (χ0v) is 25.2. The molecule has 0 atom stereocenters. The molecule has 0 N–H and O–H groups in total. The Labute approximate surface area is 211 Å². The maximum absolute atomic E-state index is 5.53. The maximum Gasteiger partial charge on any atom is 0.398 e. The van der Waals surface area contributed by atoms with E-state index in [0.29, 0.717) is 0 Å². The molecule has 0 saturated carbocycles. The van der Waals surface area contributed by atoms with E-state index in [1.165, 1.54) is 0 Å². The summed E-state index contributed by atoms with van der Waals surface area (Å²) < 4.78 is 33.2. The van der Waals surface area contributed by atoms with Crippen LogP contribution in [0, 0.1) is 0 Å². The first-order valence-electron chi connectivity index (χ1n) is 11.2. The molecule has 0 aliphatic heterocycles. The fourth-order valence-electron chi connectivity index (χ4n) is 1.64. The third-order valence-electron chi connectivity index (χ3n) is 2.55. The van der Waals surface area contributed by atoms with Crippen LogP contribution >= 0.6 is 17.2 Å². The predicted molar refractivity (Wildman–Crippen MR) is 136 cm³/mol. The molecule has 0 aliphatic rings. The Bertz CT molecular complexity index is 376. The first kappa shape index (κ1) is 37.0. The van der Waals surface area contributed by atoms with Gasteiger partial charge in [0, 0.05) is 16.8 Å². The fourth-order valence-corrected chi connectivity index (χ4v) is 4.28. The van der Waals surface area contributed by atoms with E-state index >= 15 is 0 Å². The van der Waals surface area contributed by atoms with Crippen LogP contribution in [0.1, 0.15) is 83.1 Å². The summed E-state index contributed by atoms with van der Waals surface area (Å²) in [7, 11) is -3.09. The minimum atomic E-state index is -1.54. The normalized spacial score (nSPS) is 11.4. The van der Waals surface area contributed by atoms with Crippen LogP contribution in [0.4, 0.5) is 0 Å². The quantitative estimate of drug-likeness (QED) is 0.198. The van der Waals surface area contributed by atoms with Crippen molar-refractivity contribution in [1.82, 2.24) is 0 Å². The van der Waals surface area contributed by atoms with Crippen LogP contribution < -0.4 is 0 Å². The molecular weight excluding hydrogens is 493 g/mol. The number of rotatable bonds is 12. The first-order valence-corrected chi connectivity index (χ1v) is 13.7. The van der Waals surface area contributed by atoms with E-state index in [0.717, 1.165) is 0 Å². The molecule has 0 spiro atoms. The van der Waals surface area contributed by atoms with Gasteiger partial charge in [0.1, 0.15) is 36.6 Å². The Morgan fingerprint density at radius 3 is 0.719 bits per heavy atom. The molecule has 9 heteroatoms. The van der Waals surface area contributed by atoms with Crippen molar-refractivity contribution >= 4 is 17.2 Å². The summed E-state index contributed by atoms with van der Waals surface area (Å²) in [4.78, 5) is 0. The largest absolute Gasteiger partial charge is 0.398 e. The third-order valence-corrected chi connectivity index (χ3v) is 6.53. The van der Waals surface area contributed by atoms with Crippen LogP contribution in [-0.2, 0) is 43.9 Å². The Morgan fingerprint density at radius 1 is 0.438 bits per heavy atom. The second kappa shape index (κ2) is 23.2. The van der Waals surface area contributed by atoms with Crippen molar-refractivity contribution in [3.05, 3.63) is 30.3 Å². The predicted octanol–water partition coefficient (Wildman–Crippen LogP) is 7.84. The molecule has 0 fully saturated rings. The average molecular weight is 543 g/mol. The third kappa shape index (κ3) is 30.5. The van der Waals surface area contributed by atoms with Gasteiger partial charge >= 0.3 is 17.2 Å². The molecule has 1 aromatic rings. The molecule has 0 bridgehead atoms. The van der Waals surface area contributed by atoms with E-state index in [-0.39, 0.29) is 53.4 Å². The molecule has 0 heterocycles. The summed E-state index contributed by atoms with van der Waals surface area (Å²) in [6.07, 6.45) is 0.952. The number of hydrogen-bond acceptors (Lipinski definition) is 6. The summed E-state index contributed by atoms with van der Waals surface area (Å²) in [5.41, 5.74) is 0. The van der Waals surface area contributed by atoms with Crippen LogP contribution in [-0.4, -0.2) is 36.6 Å². The fraction of sp³-hybridized carbons (Fsp3) is 0.783. The zero-order chi connectivity index (χ0) is 24.4. The summed E-state index contributed by atoms with van der Waals surface area (Å²) >= 11 is 0. The molecule has 0 amide bonds. The number of hydrogen-bond donors (Lipinski definition) is 0. The van der Waals surface area contributed by atoms with Gasteiger partial charge in [-0.15, -0.1) is 0 Å². The molecule has 0 aliphatic carbocycles. The van der Waals surface area contributed by atoms with Crippen molar-refractivity contribution in [3.63, 3.8) is 0 Å². The van der Waals surface area contributed by atoms with Crippen LogP contribution in [0.2, 0.25) is 0 Å². The molecule has 0 unspecified atom stereocenters. The molecule has 32 heavy (non-hydrogen) atoms. The Kier molecular flexibility index (Phi) is 26.9. The van der Waals surface area contributed by atoms with Gasteiger partial charge in [0.2, 0.25) is 0 Å². The van der Waals surface area contributed by atoms with E-state index in [1.807, 2.05) is 113 Å². The van der Waals surface area contributed by atoms with Gasteiger partial charge in [-0.25, -0.2) is 12.1 Å². The van der Waals surface area contributed by atoms with Crippen LogP contribution in [0.15, 0.2) is 30.3 Å². The molecule has 6 nitrogen and oxygen atoms in total. The van der Waals surface area contributed by atoms with E-state index in [9.17, 15) is 0 Å². The van der Waals surface area contributed by atoms with Gasteiger partial charge in [-0.1, -0.05) is 0 Å². The molecular formula is C23H49CoO6P2+. The van der Waals surface area contributed by atoms with Gasteiger partial charge in [0.05, 0.1) is 0 Å². The van der Waals surface area contributed by atoms with Crippen molar-refractivity contribution in [2.45, 2.75) is 120 Å². The minimum absolute atomic E-state index is 0. The van der Waals surface area contributed by atoms with Crippen LogP contribution in [0.3, 0.4) is 0 Å². The maximum atomic E-state index is 5.53. The van der Waals surface area contributed by atoms with Gasteiger partial charge in [0.15, 0.2) is 0 Å². The standard InChI is InChI=1S/2C9H22O3P.C5H5.Co/c2*1-7(2)10-13(11-8(3)4)12-9(5)6;1-2-4-5-3-1;/h2*7-9,13H,1-6H3;1-5H;/q2*+1;-1;. The first-order chi connectivity index (χ1) is 14.3. The summed E-state index contributed by atoms with van der Waals surface area (Å²) in [5.74, 6) is 0. The van der Waals surface area contributed by atoms with E-state index in [2.05, 4.69) is 0 Å². The molecule has 1 rings (SSSR count). The van der Waals surface area contributed by atoms with Crippen molar-refractivity contribution in [3.8, 4) is 0 Å². The van der Waals surface area contributed by atoms with E-state index in [1.54, 1.807) is 0 Å². The molecule has 0 aromatic heterocycles. The van der Waals surface area contributed by atoms with Gasteiger partial charge in [-0.05, 0) is 83.1 Å². The van der Waals surface area contributed by atoms with Gasteiger partial charge < -0.3 is 0 Å². The van der Waals surface area contributed by atoms with Crippen molar-refractivity contribution in [2.24, 2.45) is 0 Å². The van der Waals surface area contributed by atoms with E-state index < -0.39 is 17.2 Å². The van der Waals surface area contributed by atoms with Crippen LogP contribution in [0.5, 0.6) is 0 Å². The monoisotopic (exact) mass is 542 g/mol. The topological polar surface area (TPSA) is 55.4 Å². The van der Waals surface area contributed by atoms with Crippen molar-refractivity contribution in [1.29, 1.82) is 0 Å². The average Bonchev–Trinajstić information content (AvgIpc) is 3.10. The summed E-state index contributed by atoms with van der Waals surface area (Å²) in [6.45, 7) is 23.8. The Balaban J connectivity index is -0.000000420. The van der Waals surface area contributed by atoms with Crippen molar-refractivity contribution in [2.75, 3.05) is 0 Å². The SMILES string of the molecule is CC(C)O[PH+](OC(C)C)OC(C)C.CC(C)O[PH+](OC(C)C)OC(C)C.[Co].c1cc[cH-]c1. The smallest absolute Gasteiger partial charge is 0.214 e.